The average Bonchev–Trinajstić information content (AvgIpc) is 2.89. The summed E-state index contributed by atoms with van der Waals surface area (Å²) in [6.45, 7) is -0.0256. The van der Waals surface area contributed by atoms with E-state index in [0.29, 0.717) is 11.3 Å². The number of rotatable bonds is 5. The topological polar surface area (TPSA) is 121 Å². The number of methoxy groups -OCH3 is 1. The molecule has 0 radical (unpaired) electrons. The summed E-state index contributed by atoms with van der Waals surface area (Å²) in [7, 11) is 1.54. The quantitative estimate of drug-likeness (QED) is 0.805. The summed E-state index contributed by atoms with van der Waals surface area (Å²) in [6.07, 6.45) is 1.59. The number of para-hydroxylation sites is 1. The van der Waals surface area contributed by atoms with Crippen molar-refractivity contribution in [3.63, 3.8) is 0 Å². The highest BCUT2D eigenvalue weighted by Gasteiger charge is 2.19. The van der Waals surface area contributed by atoms with E-state index in [1.54, 1.807) is 18.2 Å². The van der Waals surface area contributed by atoms with Crippen LogP contribution in [0.5, 0.6) is 5.75 Å². The summed E-state index contributed by atoms with van der Waals surface area (Å²) in [6, 6.07) is 11.2. The molecule has 1 heterocycles. The van der Waals surface area contributed by atoms with Crippen LogP contribution >= 0.6 is 0 Å². The van der Waals surface area contributed by atoms with Crippen molar-refractivity contribution in [3.05, 3.63) is 41.1 Å². The van der Waals surface area contributed by atoms with Crippen LogP contribution in [0, 0.1) is 22.7 Å². The Kier molecular flexibility index (Phi) is 4.98. The van der Waals surface area contributed by atoms with Crippen LogP contribution in [0.2, 0.25) is 0 Å². The monoisotopic (exact) mass is 309 g/mol. The normalized spacial score (nSPS) is 10.9. The fourth-order valence-corrected chi connectivity index (χ4v) is 2.13. The maximum Gasteiger partial charge on any atom is 0.140 e. The minimum atomic E-state index is -0.172. The van der Waals surface area contributed by atoms with E-state index < -0.39 is 0 Å². The Morgan fingerprint density at radius 2 is 2.17 bits per heavy atom. The molecule has 0 amide bonds. The van der Waals surface area contributed by atoms with E-state index in [4.69, 9.17) is 15.6 Å². The third kappa shape index (κ3) is 3.15. The predicted octanol–water partition coefficient (Wildman–Crippen LogP) is 1.40. The number of ether oxygens (including phenoxy) is 1. The number of nitrogen functional groups attached to an aromatic ring is 1. The van der Waals surface area contributed by atoms with Gasteiger partial charge in [-0.05, 0) is 12.1 Å². The van der Waals surface area contributed by atoms with Crippen LogP contribution in [0.25, 0.3) is 11.6 Å². The first kappa shape index (κ1) is 16.1. The highest BCUT2D eigenvalue weighted by molar-refractivity contribution is 5.92. The van der Waals surface area contributed by atoms with Gasteiger partial charge in [-0.2, -0.15) is 15.6 Å². The van der Waals surface area contributed by atoms with Gasteiger partial charge in [0.05, 0.1) is 25.8 Å². The SMILES string of the molecule is COc1ccccc1C=C(C#N)c1nn(CCO)c(N)c1C#N. The zero-order chi connectivity index (χ0) is 16.8. The maximum absolute atomic E-state index is 9.45. The lowest BCUT2D eigenvalue weighted by Crippen LogP contribution is -2.07. The number of nitriles is 2. The van der Waals surface area contributed by atoms with E-state index in [-0.39, 0.29) is 35.8 Å². The summed E-state index contributed by atoms with van der Waals surface area (Å²) in [5, 5.41) is 31.9. The predicted molar refractivity (Wildman–Crippen MR) is 84.9 cm³/mol. The molecule has 1 aromatic heterocycles. The van der Waals surface area contributed by atoms with E-state index in [1.165, 1.54) is 11.8 Å². The summed E-state index contributed by atoms with van der Waals surface area (Å²) in [5.41, 5.74) is 7.02. The van der Waals surface area contributed by atoms with E-state index in [0.717, 1.165) is 0 Å². The first-order valence-corrected chi connectivity index (χ1v) is 6.78. The molecule has 116 valence electrons. The van der Waals surface area contributed by atoms with Crippen molar-refractivity contribution in [2.45, 2.75) is 6.54 Å². The molecule has 0 unspecified atom stereocenters. The lowest BCUT2D eigenvalue weighted by molar-refractivity contribution is 0.270. The molecule has 3 N–H and O–H groups in total. The number of nitrogens with zero attached hydrogens (tertiary/aromatic N) is 4. The molecule has 2 rings (SSSR count). The van der Waals surface area contributed by atoms with E-state index >= 15 is 0 Å². The summed E-state index contributed by atoms with van der Waals surface area (Å²) >= 11 is 0. The fourth-order valence-electron chi connectivity index (χ4n) is 2.13. The van der Waals surface area contributed by atoms with Gasteiger partial charge in [0, 0.05) is 5.56 Å². The number of nitrogens with two attached hydrogens (primary N) is 1. The van der Waals surface area contributed by atoms with Crippen LogP contribution in [0.4, 0.5) is 5.82 Å². The standard InChI is InChI=1S/C16H15N5O2/c1-23-14-5-3-2-4-11(14)8-12(9-17)15-13(10-18)16(19)21(20-15)6-7-22/h2-5,8,22H,6-7,19H2,1H3. The largest absolute Gasteiger partial charge is 0.496 e. The Balaban J connectivity index is 2.59. The Labute approximate surface area is 133 Å². The molecule has 0 bridgehead atoms. The maximum atomic E-state index is 9.45. The first-order chi connectivity index (χ1) is 11.2. The zero-order valence-corrected chi connectivity index (χ0v) is 12.5. The minimum Gasteiger partial charge on any atom is -0.496 e. The van der Waals surface area contributed by atoms with Crippen molar-refractivity contribution in [2.75, 3.05) is 19.5 Å². The number of aromatic nitrogens is 2. The van der Waals surface area contributed by atoms with Crippen LogP contribution in [0.3, 0.4) is 0 Å². The van der Waals surface area contributed by atoms with Gasteiger partial charge in [-0.25, -0.2) is 4.68 Å². The lowest BCUT2D eigenvalue weighted by atomic mass is 10.1. The summed E-state index contributed by atoms with van der Waals surface area (Å²) in [4.78, 5) is 0. The molecule has 0 aliphatic carbocycles. The number of hydrogen-bond donors (Lipinski definition) is 2. The van der Waals surface area contributed by atoms with Gasteiger partial charge >= 0.3 is 0 Å². The van der Waals surface area contributed by atoms with Crippen LogP contribution in [0.1, 0.15) is 16.8 Å². The van der Waals surface area contributed by atoms with Crippen molar-refractivity contribution < 1.29 is 9.84 Å². The van der Waals surface area contributed by atoms with E-state index in [2.05, 4.69) is 5.10 Å². The van der Waals surface area contributed by atoms with Crippen LogP contribution in [0.15, 0.2) is 24.3 Å². The highest BCUT2D eigenvalue weighted by Crippen LogP contribution is 2.27. The molecule has 2 aromatic rings. The molecule has 0 atom stereocenters. The molecular weight excluding hydrogens is 294 g/mol. The van der Waals surface area contributed by atoms with Crippen molar-refractivity contribution in [3.8, 4) is 17.9 Å². The van der Waals surface area contributed by atoms with Gasteiger partial charge in [0.1, 0.15) is 35.0 Å². The van der Waals surface area contributed by atoms with Crippen LogP contribution in [-0.4, -0.2) is 28.6 Å². The number of aliphatic hydroxyl groups is 1. The molecule has 23 heavy (non-hydrogen) atoms. The molecule has 0 spiro atoms. The average molecular weight is 309 g/mol. The lowest BCUT2D eigenvalue weighted by Gasteiger charge is -2.04. The minimum absolute atomic E-state index is 0.112. The van der Waals surface area contributed by atoms with Crippen LogP contribution in [-0.2, 0) is 6.54 Å². The molecule has 0 aliphatic heterocycles. The Morgan fingerprint density at radius 3 is 2.78 bits per heavy atom. The number of allylic oxidation sites excluding steroid dienone is 1. The third-order valence-corrected chi connectivity index (χ3v) is 3.23. The molecule has 1 aromatic carbocycles. The van der Waals surface area contributed by atoms with E-state index in [1.807, 2.05) is 24.3 Å². The number of benzene rings is 1. The Hall–Kier alpha value is -3.29. The summed E-state index contributed by atoms with van der Waals surface area (Å²) < 4.78 is 6.56. The van der Waals surface area contributed by atoms with Gasteiger partial charge < -0.3 is 15.6 Å². The molecule has 7 heteroatoms. The number of anilines is 1. The molecule has 0 saturated carbocycles. The van der Waals surface area contributed by atoms with Crippen molar-refractivity contribution in [1.82, 2.24) is 9.78 Å². The Bertz CT molecular complexity index is 824. The molecular formula is C16H15N5O2. The second-order valence-corrected chi connectivity index (χ2v) is 4.58. The molecule has 0 fully saturated rings. The van der Waals surface area contributed by atoms with Crippen LogP contribution < -0.4 is 10.5 Å². The number of aliphatic hydroxyl groups excluding tert-OH is 1. The van der Waals surface area contributed by atoms with Gasteiger partial charge in [-0.1, -0.05) is 18.2 Å². The van der Waals surface area contributed by atoms with E-state index in [9.17, 15) is 10.5 Å². The Morgan fingerprint density at radius 1 is 1.43 bits per heavy atom. The fraction of sp³-hybridized carbons (Fsp3) is 0.188. The van der Waals surface area contributed by atoms with Crippen molar-refractivity contribution in [1.29, 1.82) is 10.5 Å². The van der Waals surface area contributed by atoms with Gasteiger partial charge in [0.15, 0.2) is 0 Å². The highest BCUT2D eigenvalue weighted by atomic mass is 16.5. The summed E-state index contributed by atoms with van der Waals surface area (Å²) in [5.74, 6) is 0.722. The molecule has 7 nitrogen and oxygen atoms in total. The van der Waals surface area contributed by atoms with Gasteiger partial charge in [0.25, 0.3) is 0 Å². The first-order valence-electron chi connectivity index (χ1n) is 6.78. The zero-order valence-electron chi connectivity index (χ0n) is 12.5. The smallest absolute Gasteiger partial charge is 0.140 e. The molecule has 0 aliphatic rings. The van der Waals surface area contributed by atoms with Gasteiger partial charge in [-0.3, -0.25) is 0 Å². The second kappa shape index (κ2) is 7.12. The van der Waals surface area contributed by atoms with Gasteiger partial charge in [0.2, 0.25) is 0 Å². The number of hydrogen-bond acceptors (Lipinski definition) is 6. The molecule has 0 saturated heterocycles. The van der Waals surface area contributed by atoms with Crippen molar-refractivity contribution >= 4 is 17.5 Å². The third-order valence-electron chi connectivity index (χ3n) is 3.23. The second-order valence-electron chi connectivity index (χ2n) is 4.58. The van der Waals surface area contributed by atoms with Gasteiger partial charge in [-0.15, -0.1) is 0 Å². The van der Waals surface area contributed by atoms with Crippen molar-refractivity contribution in [2.24, 2.45) is 0 Å².